The number of β-amino-alcohol motifs (C(OH)–C–C–N with tert-alkyl or cyclic N) is 1. The van der Waals surface area contributed by atoms with Crippen LogP contribution >= 0.6 is 11.6 Å². The lowest BCUT2D eigenvalue weighted by Gasteiger charge is -2.44. The normalized spacial score (nSPS) is 26.4. The van der Waals surface area contributed by atoms with Crippen molar-refractivity contribution in [3.8, 4) is 11.5 Å². The first kappa shape index (κ1) is 17.9. The first-order chi connectivity index (χ1) is 12.5. The molecule has 3 aliphatic heterocycles. The molecule has 4 rings (SSSR count). The van der Waals surface area contributed by atoms with Gasteiger partial charge in [-0.3, -0.25) is 4.79 Å². The number of carbonyl (C=O) groups excluding carboxylic acids is 1. The van der Waals surface area contributed by atoms with Crippen LogP contribution in [0.1, 0.15) is 12.8 Å². The summed E-state index contributed by atoms with van der Waals surface area (Å²) in [5.74, 6) is 1.16. The number of morpholine rings is 1. The van der Waals surface area contributed by atoms with Gasteiger partial charge in [0.25, 0.3) is 0 Å². The molecule has 2 unspecified atom stereocenters. The van der Waals surface area contributed by atoms with Crippen molar-refractivity contribution in [1.82, 2.24) is 10.2 Å². The number of nitrogens with zero attached hydrogens (tertiary/aromatic N) is 1. The quantitative estimate of drug-likeness (QED) is 0.805. The molecule has 0 aliphatic carbocycles. The Morgan fingerprint density at radius 2 is 2.15 bits per heavy atom. The Balaban J connectivity index is 1.29. The topological polar surface area (TPSA) is 80.3 Å². The van der Waals surface area contributed by atoms with E-state index < -0.39 is 12.2 Å². The Morgan fingerprint density at radius 1 is 1.35 bits per heavy atom. The lowest BCUT2D eigenvalue weighted by atomic mass is 9.89. The van der Waals surface area contributed by atoms with Gasteiger partial charge in [-0.25, -0.2) is 0 Å². The van der Waals surface area contributed by atoms with Gasteiger partial charge in [0, 0.05) is 37.3 Å². The zero-order valence-corrected chi connectivity index (χ0v) is 15.2. The number of rotatable bonds is 3. The molecule has 7 nitrogen and oxygen atoms in total. The van der Waals surface area contributed by atoms with E-state index in [0.717, 1.165) is 25.9 Å². The third-order valence-electron chi connectivity index (χ3n) is 5.35. The molecule has 1 aromatic rings. The fraction of sp³-hybridized carbons (Fsp3) is 0.611. The molecule has 0 bridgehead atoms. The van der Waals surface area contributed by atoms with Gasteiger partial charge >= 0.3 is 0 Å². The van der Waals surface area contributed by atoms with Gasteiger partial charge in [-0.1, -0.05) is 11.6 Å². The number of halogens is 1. The van der Waals surface area contributed by atoms with E-state index in [2.05, 4.69) is 10.2 Å². The molecule has 8 heteroatoms. The van der Waals surface area contributed by atoms with E-state index in [4.69, 9.17) is 25.8 Å². The van der Waals surface area contributed by atoms with Crippen LogP contribution in [0.2, 0.25) is 5.02 Å². The van der Waals surface area contributed by atoms with E-state index in [1.165, 1.54) is 0 Å². The van der Waals surface area contributed by atoms with Crippen LogP contribution in [-0.4, -0.2) is 73.1 Å². The number of hydrogen-bond donors (Lipinski definition) is 2. The predicted octanol–water partition coefficient (Wildman–Crippen LogP) is 0.822. The highest BCUT2D eigenvalue weighted by atomic mass is 35.5. The van der Waals surface area contributed by atoms with Gasteiger partial charge in [0.05, 0.1) is 5.60 Å². The number of aliphatic hydroxyl groups is 1. The molecule has 2 fully saturated rings. The number of aliphatic hydroxyl groups excluding tert-OH is 1. The number of benzene rings is 1. The van der Waals surface area contributed by atoms with Crippen LogP contribution in [0.4, 0.5) is 0 Å². The van der Waals surface area contributed by atoms with Gasteiger partial charge in [0.1, 0.15) is 19.3 Å². The van der Waals surface area contributed by atoms with E-state index in [1.54, 1.807) is 18.2 Å². The average molecular weight is 383 g/mol. The number of piperidine rings is 1. The van der Waals surface area contributed by atoms with Gasteiger partial charge in [-0.15, -0.1) is 0 Å². The first-order valence-electron chi connectivity index (χ1n) is 8.93. The van der Waals surface area contributed by atoms with E-state index in [1.807, 2.05) is 0 Å². The van der Waals surface area contributed by atoms with Crippen LogP contribution in [-0.2, 0) is 9.53 Å². The van der Waals surface area contributed by atoms with Crippen molar-refractivity contribution in [2.45, 2.75) is 30.7 Å². The molecular formula is C18H23ClN2O5. The Kier molecular flexibility index (Phi) is 4.96. The minimum absolute atomic E-state index is 0.0525. The van der Waals surface area contributed by atoms with Crippen molar-refractivity contribution in [2.75, 3.05) is 39.4 Å². The van der Waals surface area contributed by atoms with Gasteiger partial charge in [-0.05, 0) is 25.0 Å². The van der Waals surface area contributed by atoms with Crippen molar-refractivity contribution in [1.29, 1.82) is 0 Å². The number of hydrogen-bond acceptors (Lipinski definition) is 6. The summed E-state index contributed by atoms with van der Waals surface area (Å²) in [6.07, 6.45) is 0.575. The summed E-state index contributed by atoms with van der Waals surface area (Å²) in [7, 11) is 0. The molecule has 2 N–H and O–H groups in total. The SMILES string of the molecule is O=C1COC2(CCN(CC(O)C3COc4ccc(Cl)cc4O3)CC2)CN1. The smallest absolute Gasteiger partial charge is 0.246 e. The molecule has 2 atom stereocenters. The maximum Gasteiger partial charge on any atom is 0.246 e. The van der Waals surface area contributed by atoms with E-state index in [9.17, 15) is 9.90 Å². The van der Waals surface area contributed by atoms with Crippen LogP contribution < -0.4 is 14.8 Å². The fourth-order valence-corrected chi connectivity index (χ4v) is 3.84. The van der Waals surface area contributed by atoms with Crippen LogP contribution in [0, 0.1) is 0 Å². The molecular weight excluding hydrogens is 360 g/mol. The molecule has 3 heterocycles. The third-order valence-corrected chi connectivity index (χ3v) is 5.58. The fourth-order valence-electron chi connectivity index (χ4n) is 3.68. The summed E-state index contributed by atoms with van der Waals surface area (Å²) in [5.41, 5.74) is -0.254. The molecule has 1 amide bonds. The Bertz CT molecular complexity index is 666. The molecule has 3 aliphatic rings. The zero-order valence-electron chi connectivity index (χ0n) is 14.4. The Hall–Kier alpha value is -1.54. The average Bonchev–Trinajstić information content (AvgIpc) is 2.65. The van der Waals surface area contributed by atoms with Gasteiger partial charge in [-0.2, -0.15) is 0 Å². The minimum Gasteiger partial charge on any atom is -0.486 e. The number of carbonyl (C=O) groups is 1. The van der Waals surface area contributed by atoms with Crippen LogP contribution in [0.25, 0.3) is 0 Å². The highest BCUT2D eigenvalue weighted by Gasteiger charge is 2.40. The molecule has 0 saturated carbocycles. The summed E-state index contributed by atoms with van der Waals surface area (Å²) in [6, 6.07) is 5.22. The van der Waals surface area contributed by atoms with Crippen LogP contribution in [0.15, 0.2) is 18.2 Å². The summed E-state index contributed by atoms with van der Waals surface area (Å²) >= 11 is 6.00. The number of likely N-dealkylation sites (tertiary alicyclic amines) is 1. The van der Waals surface area contributed by atoms with Crippen molar-refractivity contribution in [3.63, 3.8) is 0 Å². The maximum absolute atomic E-state index is 11.3. The van der Waals surface area contributed by atoms with Crippen molar-refractivity contribution in [2.24, 2.45) is 0 Å². The lowest BCUT2D eigenvalue weighted by Crippen LogP contribution is -2.58. The van der Waals surface area contributed by atoms with Gasteiger partial charge in [0.2, 0.25) is 5.91 Å². The minimum atomic E-state index is -0.664. The van der Waals surface area contributed by atoms with E-state index in [0.29, 0.717) is 36.2 Å². The second kappa shape index (κ2) is 7.23. The predicted molar refractivity (Wildman–Crippen MR) is 94.7 cm³/mol. The molecule has 1 spiro atoms. The number of fused-ring (bicyclic) bond motifs is 1. The summed E-state index contributed by atoms with van der Waals surface area (Å²) in [6.45, 7) is 3.14. The summed E-state index contributed by atoms with van der Waals surface area (Å²) in [5, 5.41) is 14.0. The van der Waals surface area contributed by atoms with E-state index >= 15 is 0 Å². The maximum atomic E-state index is 11.3. The van der Waals surface area contributed by atoms with Gasteiger partial charge < -0.3 is 29.5 Å². The number of amides is 1. The van der Waals surface area contributed by atoms with Crippen molar-refractivity contribution < 1.29 is 24.1 Å². The lowest BCUT2D eigenvalue weighted by molar-refractivity contribution is -0.151. The third kappa shape index (κ3) is 3.76. The number of ether oxygens (including phenoxy) is 3. The second-order valence-corrected chi connectivity index (χ2v) is 7.61. The number of nitrogens with one attached hydrogen (secondary N) is 1. The monoisotopic (exact) mass is 382 g/mol. The first-order valence-corrected chi connectivity index (χ1v) is 9.31. The molecule has 0 radical (unpaired) electrons. The molecule has 0 aromatic heterocycles. The molecule has 26 heavy (non-hydrogen) atoms. The van der Waals surface area contributed by atoms with E-state index in [-0.39, 0.29) is 18.1 Å². The largest absolute Gasteiger partial charge is 0.486 e. The van der Waals surface area contributed by atoms with Crippen LogP contribution in [0.5, 0.6) is 11.5 Å². The van der Waals surface area contributed by atoms with Gasteiger partial charge in [0.15, 0.2) is 17.6 Å². The molecule has 2 saturated heterocycles. The highest BCUT2D eigenvalue weighted by molar-refractivity contribution is 6.30. The van der Waals surface area contributed by atoms with Crippen molar-refractivity contribution in [3.05, 3.63) is 23.2 Å². The molecule has 142 valence electrons. The zero-order chi connectivity index (χ0) is 18.1. The molecule has 1 aromatic carbocycles. The second-order valence-electron chi connectivity index (χ2n) is 7.17. The van der Waals surface area contributed by atoms with Crippen molar-refractivity contribution >= 4 is 17.5 Å². The standard InChI is InChI=1S/C18H23ClN2O5/c19-12-1-2-14-15(7-12)26-16(9-24-14)13(22)8-21-5-3-18(4-6-21)11-20-17(23)10-25-18/h1-2,7,13,16,22H,3-6,8-11H2,(H,20,23). The summed E-state index contributed by atoms with van der Waals surface area (Å²) < 4.78 is 17.3. The summed E-state index contributed by atoms with van der Waals surface area (Å²) in [4.78, 5) is 13.5. The van der Waals surface area contributed by atoms with Crippen LogP contribution in [0.3, 0.4) is 0 Å². The Labute approximate surface area is 157 Å². The highest BCUT2D eigenvalue weighted by Crippen LogP contribution is 2.35. The Morgan fingerprint density at radius 3 is 2.88 bits per heavy atom.